The number of hydrogen-bond donors (Lipinski definition) is 1. The molecule has 1 aliphatic heterocycles. The first-order valence-corrected chi connectivity index (χ1v) is 10.4. The quantitative estimate of drug-likeness (QED) is 0.692. The number of aryl methyl sites for hydroxylation is 1. The molecule has 2 heterocycles. The lowest BCUT2D eigenvalue weighted by Crippen LogP contribution is -2.29. The van der Waals surface area contributed by atoms with E-state index in [1.807, 2.05) is 54.1 Å². The second kappa shape index (κ2) is 9.05. The van der Waals surface area contributed by atoms with E-state index in [9.17, 15) is 4.79 Å². The van der Waals surface area contributed by atoms with Crippen LogP contribution in [-0.2, 0) is 13.1 Å². The fraction of sp³-hybridized carbons (Fsp3) is 0.333. The summed E-state index contributed by atoms with van der Waals surface area (Å²) in [5.74, 6) is 0.875. The van der Waals surface area contributed by atoms with Crippen molar-refractivity contribution in [2.24, 2.45) is 0 Å². The normalized spacial score (nSPS) is 14.7. The van der Waals surface area contributed by atoms with Crippen molar-refractivity contribution in [2.45, 2.75) is 39.3 Å². The van der Waals surface area contributed by atoms with Crippen molar-refractivity contribution in [3.05, 3.63) is 83.4 Å². The van der Waals surface area contributed by atoms with Crippen molar-refractivity contribution in [1.29, 1.82) is 0 Å². The fourth-order valence-electron chi connectivity index (χ4n) is 3.94. The van der Waals surface area contributed by atoms with Crippen molar-refractivity contribution in [3.63, 3.8) is 0 Å². The molecule has 0 unspecified atom stereocenters. The highest BCUT2D eigenvalue weighted by Crippen LogP contribution is 2.17. The molecule has 150 valence electrons. The Balaban J connectivity index is 1.38. The molecule has 3 aromatic rings. The van der Waals surface area contributed by atoms with Crippen LogP contribution in [0.4, 0.5) is 0 Å². The van der Waals surface area contributed by atoms with E-state index >= 15 is 0 Å². The molecule has 2 aromatic carbocycles. The van der Waals surface area contributed by atoms with Gasteiger partial charge in [0.2, 0.25) is 0 Å². The third kappa shape index (κ3) is 4.74. The third-order valence-electron chi connectivity index (χ3n) is 5.59. The zero-order valence-electron chi connectivity index (χ0n) is 17.0. The highest BCUT2D eigenvalue weighted by atomic mass is 16.1. The predicted octanol–water partition coefficient (Wildman–Crippen LogP) is 4.10. The zero-order valence-corrected chi connectivity index (χ0v) is 17.0. The number of hydrogen-bond acceptors (Lipinski definition) is 3. The number of piperidine rings is 1. The molecule has 0 spiro atoms. The Labute approximate surface area is 172 Å². The van der Waals surface area contributed by atoms with E-state index in [0.717, 1.165) is 23.6 Å². The summed E-state index contributed by atoms with van der Waals surface area (Å²) in [4.78, 5) is 19.4. The molecular weight excluding hydrogens is 360 g/mol. The van der Waals surface area contributed by atoms with Gasteiger partial charge >= 0.3 is 0 Å². The number of nitrogens with zero attached hydrogens (tertiary/aromatic N) is 3. The number of carbonyl (C=O) groups is 1. The summed E-state index contributed by atoms with van der Waals surface area (Å²) in [6.45, 7) is 5.78. The maximum absolute atomic E-state index is 12.6. The highest BCUT2D eigenvalue weighted by molar-refractivity contribution is 5.94. The molecule has 5 nitrogen and oxygen atoms in total. The molecule has 0 radical (unpaired) electrons. The third-order valence-corrected chi connectivity index (χ3v) is 5.59. The van der Waals surface area contributed by atoms with Crippen LogP contribution in [0.2, 0.25) is 0 Å². The summed E-state index contributed by atoms with van der Waals surface area (Å²) in [5.41, 5.74) is 4.07. The molecule has 1 N–H and O–H groups in total. The van der Waals surface area contributed by atoms with Gasteiger partial charge in [-0.05, 0) is 62.2 Å². The largest absolute Gasteiger partial charge is 0.348 e. The van der Waals surface area contributed by atoms with Gasteiger partial charge in [0.15, 0.2) is 0 Å². The second-order valence-corrected chi connectivity index (χ2v) is 7.69. The molecule has 1 saturated heterocycles. The van der Waals surface area contributed by atoms with Crippen LogP contribution in [0, 0.1) is 6.92 Å². The predicted molar refractivity (Wildman–Crippen MR) is 115 cm³/mol. The number of nitrogens with one attached hydrogen (secondary N) is 1. The van der Waals surface area contributed by atoms with Crippen LogP contribution < -0.4 is 5.32 Å². The van der Waals surface area contributed by atoms with Gasteiger partial charge < -0.3 is 9.88 Å². The van der Waals surface area contributed by atoms with Crippen LogP contribution in [0.25, 0.3) is 5.69 Å². The van der Waals surface area contributed by atoms with Crippen molar-refractivity contribution in [3.8, 4) is 5.69 Å². The standard InChI is InChI=1S/C24H28N4O/c1-19-25-13-16-28(19)23-8-4-3-7-22(23)17-26-24(29)21-11-9-20(10-12-21)18-27-14-5-2-6-15-27/h3-4,7-13,16H,2,5-6,14-15,17-18H2,1H3,(H,26,29). The Morgan fingerprint density at radius 2 is 1.79 bits per heavy atom. The minimum Gasteiger partial charge on any atom is -0.348 e. The van der Waals surface area contributed by atoms with Crippen molar-refractivity contribution >= 4 is 5.91 Å². The molecule has 0 bridgehead atoms. The first-order valence-electron chi connectivity index (χ1n) is 10.4. The Hall–Kier alpha value is -2.92. The van der Waals surface area contributed by atoms with Gasteiger partial charge in [-0.2, -0.15) is 0 Å². The topological polar surface area (TPSA) is 50.2 Å². The number of carbonyl (C=O) groups excluding carboxylic acids is 1. The number of amides is 1. The molecule has 5 heteroatoms. The lowest BCUT2D eigenvalue weighted by Gasteiger charge is -2.26. The maximum Gasteiger partial charge on any atom is 0.251 e. The maximum atomic E-state index is 12.6. The lowest BCUT2D eigenvalue weighted by atomic mass is 10.1. The highest BCUT2D eigenvalue weighted by Gasteiger charge is 2.12. The minimum absolute atomic E-state index is 0.0494. The molecule has 1 aromatic heterocycles. The molecule has 1 aliphatic rings. The Morgan fingerprint density at radius 1 is 1.03 bits per heavy atom. The van der Waals surface area contributed by atoms with Crippen molar-refractivity contribution in [1.82, 2.24) is 19.8 Å². The first kappa shape index (κ1) is 19.4. The van der Waals surface area contributed by atoms with Gasteiger partial charge in [0.25, 0.3) is 5.91 Å². The Bertz CT molecular complexity index is 955. The molecular formula is C24H28N4O. The summed E-state index contributed by atoms with van der Waals surface area (Å²) >= 11 is 0. The molecule has 0 saturated carbocycles. The van der Waals surface area contributed by atoms with E-state index in [2.05, 4.69) is 27.3 Å². The van der Waals surface area contributed by atoms with Gasteiger partial charge in [-0.3, -0.25) is 9.69 Å². The number of imidazole rings is 1. The summed E-state index contributed by atoms with van der Waals surface area (Å²) in [6, 6.07) is 16.1. The van der Waals surface area contributed by atoms with Crippen LogP contribution in [0.3, 0.4) is 0 Å². The van der Waals surface area contributed by atoms with Crippen LogP contribution in [-0.4, -0.2) is 33.4 Å². The molecule has 0 atom stereocenters. The van der Waals surface area contributed by atoms with E-state index in [1.165, 1.54) is 37.9 Å². The average Bonchev–Trinajstić information content (AvgIpc) is 3.19. The Kier molecular flexibility index (Phi) is 6.06. The number of aromatic nitrogens is 2. The zero-order chi connectivity index (χ0) is 20.1. The summed E-state index contributed by atoms with van der Waals surface area (Å²) in [7, 11) is 0. The van der Waals surface area contributed by atoms with Gasteiger partial charge in [-0.1, -0.05) is 36.8 Å². The fourth-order valence-corrected chi connectivity index (χ4v) is 3.94. The van der Waals surface area contributed by atoms with Crippen LogP contribution in [0.15, 0.2) is 60.9 Å². The van der Waals surface area contributed by atoms with Gasteiger partial charge in [-0.15, -0.1) is 0 Å². The molecule has 4 rings (SSSR count). The molecule has 1 fully saturated rings. The monoisotopic (exact) mass is 388 g/mol. The lowest BCUT2D eigenvalue weighted by molar-refractivity contribution is 0.0951. The smallest absolute Gasteiger partial charge is 0.251 e. The van der Waals surface area contributed by atoms with Gasteiger partial charge in [0.1, 0.15) is 5.82 Å². The summed E-state index contributed by atoms with van der Waals surface area (Å²) in [5, 5.41) is 3.05. The van der Waals surface area contributed by atoms with E-state index in [0.29, 0.717) is 12.1 Å². The first-order chi connectivity index (χ1) is 14.2. The van der Waals surface area contributed by atoms with Crippen molar-refractivity contribution < 1.29 is 4.79 Å². The number of benzene rings is 2. The SMILES string of the molecule is Cc1nccn1-c1ccccc1CNC(=O)c1ccc(CN2CCCCC2)cc1. The van der Waals surface area contributed by atoms with Crippen LogP contribution in [0.5, 0.6) is 0 Å². The summed E-state index contributed by atoms with van der Waals surface area (Å²) in [6.07, 6.45) is 7.66. The number of para-hydroxylation sites is 1. The number of rotatable bonds is 6. The van der Waals surface area contributed by atoms with E-state index in [4.69, 9.17) is 0 Å². The second-order valence-electron chi connectivity index (χ2n) is 7.69. The van der Waals surface area contributed by atoms with Gasteiger partial charge in [0, 0.05) is 31.0 Å². The van der Waals surface area contributed by atoms with Crippen molar-refractivity contribution in [2.75, 3.05) is 13.1 Å². The average molecular weight is 389 g/mol. The van der Waals surface area contributed by atoms with Crippen LogP contribution in [0.1, 0.15) is 46.6 Å². The van der Waals surface area contributed by atoms with Gasteiger partial charge in [-0.25, -0.2) is 4.98 Å². The van der Waals surface area contributed by atoms with E-state index < -0.39 is 0 Å². The van der Waals surface area contributed by atoms with E-state index in [1.54, 1.807) is 6.20 Å². The molecule has 0 aliphatic carbocycles. The summed E-state index contributed by atoms with van der Waals surface area (Å²) < 4.78 is 2.04. The van der Waals surface area contributed by atoms with Gasteiger partial charge in [0.05, 0.1) is 5.69 Å². The molecule has 1 amide bonds. The van der Waals surface area contributed by atoms with E-state index in [-0.39, 0.29) is 5.91 Å². The van der Waals surface area contributed by atoms with Crippen LogP contribution >= 0.6 is 0 Å². The number of likely N-dealkylation sites (tertiary alicyclic amines) is 1. The molecule has 29 heavy (non-hydrogen) atoms. The Morgan fingerprint density at radius 3 is 2.52 bits per heavy atom. The minimum atomic E-state index is -0.0494.